The fourth-order valence-electron chi connectivity index (χ4n) is 3.40. The van der Waals surface area contributed by atoms with Crippen molar-refractivity contribution in [2.75, 3.05) is 13.2 Å². The van der Waals surface area contributed by atoms with E-state index in [4.69, 9.17) is 14.2 Å². The van der Waals surface area contributed by atoms with Crippen LogP contribution in [0.5, 0.6) is 0 Å². The molecule has 1 fully saturated rings. The highest BCUT2D eigenvalue weighted by Crippen LogP contribution is 2.18. The molecular formula is C23H35NO5S. The summed E-state index contributed by atoms with van der Waals surface area (Å²) in [6.45, 7) is 9.04. The molecule has 0 aliphatic carbocycles. The van der Waals surface area contributed by atoms with Crippen LogP contribution in [-0.4, -0.2) is 42.3 Å². The lowest BCUT2D eigenvalue weighted by Crippen LogP contribution is -2.27. The van der Waals surface area contributed by atoms with Crippen LogP contribution in [-0.2, 0) is 30.2 Å². The average Bonchev–Trinajstić information content (AvgIpc) is 3.34. The highest BCUT2D eigenvalue weighted by molar-refractivity contribution is 7.09. The standard InChI is InChI=1S/C23H35NO5S/c1-16(7-5-8-17(2)14-28-23-9-6-12-27-23)10-11-22(29-19(4)25)21(26)13-20-15-30-18(3)24-20/h10,15,17,22-23H,5-9,11-14H2,1-4H3/b16-10+/t17-,22?,23?/m0/s1. The summed E-state index contributed by atoms with van der Waals surface area (Å²) in [7, 11) is 0. The van der Waals surface area contributed by atoms with Gasteiger partial charge in [-0.1, -0.05) is 18.6 Å². The van der Waals surface area contributed by atoms with Gasteiger partial charge in [-0.2, -0.15) is 0 Å². The number of Topliss-reactive ketones (excluding diaryl/α,β-unsaturated/α-hetero) is 1. The Labute approximate surface area is 184 Å². The van der Waals surface area contributed by atoms with Gasteiger partial charge in [-0.15, -0.1) is 11.3 Å². The van der Waals surface area contributed by atoms with Crippen LogP contribution in [0.2, 0.25) is 0 Å². The highest BCUT2D eigenvalue weighted by Gasteiger charge is 2.22. The van der Waals surface area contributed by atoms with Crippen molar-refractivity contribution < 1.29 is 23.8 Å². The van der Waals surface area contributed by atoms with Gasteiger partial charge in [0, 0.05) is 31.8 Å². The van der Waals surface area contributed by atoms with Crippen molar-refractivity contribution in [2.45, 2.75) is 85.0 Å². The Bertz CT molecular complexity index is 708. The van der Waals surface area contributed by atoms with Crippen LogP contribution in [0.4, 0.5) is 0 Å². The SMILES string of the molecule is CC(=O)OC(C/C=C(\C)CCC[C@H](C)COC1CCCO1)C(=O)Cc1csc(C)n1. The molecule has 1 aromatic rings. The third-order valence-corrected chi connectivity index (χ3v) is 5.91. The van der Waals surface area contributed by atoms with Crippen molar-refractivity contribution >= 4 is 23.1 Å². The number of aryl methyl sites for hydroxylation is 1. The molecule has 0 saturated carbocycles. The lowest BCUT2D eigenvalue weighted by molar-refractivity contribution is -0.152. The molecule has 6 nitrogen and oxygen atoms in total. The third-order valence-electron chi connectivity index (χ3n) is 5.09. The first-order valence-corrected chi connectivity index (χ1v) is 11.7. The molecule has 1 saturated heterocycles. The summed E-state index contributed by atoms with van der Waals surface area (Å²) in [6, 6.07) is 0. The fraction of sp³-hybridized carbons (Fsp3) is 0.696. The summed E-state index contributed by atoms with van der Waals surface area (Å²) in [6.07, 6.45) is 7.03. The first kappa shape index (κ1) is 24.7. The van der Waals surface area contributed by atoms with E-state index in [9.17, 15) is 9.59 Å². The summed E-state index contributed by atoms with van der Waals surface area (Å²) in [5, 5.41) is 2.80. The Balaban J connectivity index is 1.73. The maximum Gasteiger partial charge on any atom is 0.303 e. The summed E-state index contributed by atoms with van der Waals surface area (Å²) in [5.41, 5.74) is 1.94. The molecule has 0 radical (unpaired) electrons. The Kier molecular flexibility index (Phi) is 10.7. The molecule has 2 unspecified atom stereocenters. The zero-order valence-electron chi connectivity index (χ0n) is 18.6. The molecule has 30 heavy (non-hydrogen) atoms. The minimum absolute atomic E-state index is 0.0157. The number of carbonyl (C=O) groups excluding carboxylic acids is 2. The summed E-state index contributed by atoms with van der Waals surface area (Å²) in [4.78, 5) is 28.4. The summed E-state index contributed by atoms with van der Waals surface area (Å²) >= 11 is 1.51. The van der Waals surface area contributed by atoms with Gasteiger partial charge in [0.1, 0.15) is 0 Å². The molecule has 2 heterocycles. The quantitative estimate of drug-likeness (QED) is 0.326. The molecule has 3 atom stereocenters. The topological polar surface area (TPSA) is 74.7 Å². The number of rotatable bonds is 13. The second-order valence-electron chi connectivity index (χ2n) is 8.16. The van der Waals surface area contributed by atoms with E-state index in [-0.39, 0.29) is 18.5 Å². The number of nitrogens with zero attached hydrogens (tertiary/aromatic N) is 1. The molecule has 7 heteroatoms. The largest absolute Gasteiger partial charge is 0.454 e. The lowest BCUT2D eigenvalue weighted by atomic mass is 10.0. The third kappa shape index (κ3) is 9.49. The second kappa shape index (κ2) is 13.0. The van der Waals surface area contributed by atoms with Crippen molar-refractivity contribution in [3.63, 3.8) is 0 Å². The lowest BCUT2D eigenvalue weighted by Gasteiger charge is -2.16. The van der Waals surface area contributed by atoms with Gasteiger partial charge < -0.3 is 14.2 Å². The number of thiazole rings is 1. The molecule has 0 amide bonds. The minimum Gasteiger partial charge on any atom is -0.454 e. The zero-order valence-corrected chi connectivity index (χ0v) is 19.5. The van der Waals surface area contributed by atoms with Gasteiger partial charge in [0.15, 0.2) is 18.2 Å². The van der Waals surface area contributed by atoms with E-state index in [0.29, 0.717) is 12.3 Å². The Morgan fingerprint density at radius 3 is 2.83 bits per heavy atom. The maximum absolute atomic E-state index is 12.6. The average molecular weight is 438 g/mol. The van der Waals surface area contributed by atoms with Crippen LogP contribution in [0.25, 0.3) is 0 Å². The van der Waals surface area contributed by atoms with E-state index < -0.39 is 12.1 Å². The molecule has 0 aromatic carbocycles. The molecule has 0 bridgehead atoms. The van der Waals surface area contributed by atoms with Crippen LogP contribution in [0.15, 0.2) is 17.0 Å². The number of esters is 1. The van der Waals surface area contributed by atoms with E-state index >= 15 is 0 Å². The fourth-order valence-corrected chi connectivity index (χ4v) is 4.01. The molecule has 1 aliphatic rings. The van der Waals surface area contributed by atoms with Crippen LogP contribution < -0.4 is 0 Å². The molecular weight excluding hydrogens is 402 g/mol. The van der Waals surface area contributed by atoms with Gasteiger partial charge in [-0.3, -0.25) is 9.59 Å². The number of carbonyl (C=O) groups is 2. The summed E-state index contributed by atoms with van der Waals surface area (Å²) in [5.74, 6) is -0.0627. The van der Waals surface area contributed by atoms with E-state index in [1.807, 2.05) is 18.4 Å². The van der Waals surface area contributed by atoms with Gasteiger partial charge in [0.05, 0.1) is 23.7 Å². The van der Waals surface area contributed by atoms with Crippen molar-refractivity contribution in [3.8, 4) is 0 Å². The van der Waals surface area contributed by atoms with Crippen molar-refractivity contribution in [3.05, 3.63) is 27.7 Å². The van der Waals surface area contributed by atoms with Crippen LogP contribution in [0.3, 0.4) is 0 Å². The Hall–Kier alpha value is -1.57. The first-order valence-electron chi connectivity index (χ1n) is 10.8. The molecule has 2 rings (SSSR count). The first-order chi connectivity index (χ1) is 14.3. The zero-order chi connectivity index (χ0) is 21.9. The van der Waals surface area contributed by atoms with Gasteiger partial charge in [-0.25, -0.2) is 4.98 Å². The molecule has 168 valence electrons. The number of ketones is 1. The van der Waals surface area contributed by atoms with Gasteiger partial charge in [0.2, 0.25) is 0 Å². The molecule has 1 aliphatic heterocycles. The number of hydrogen-bond donors (Lipinski definition) is 0. The van der Waals surface area contributed by atoms with Crippen molar-refractivity contribution in [1.82, 2.24) is 4.98 Å². The number of aromatic nitrogens is 1. The van der Waals surface area contributed by atoms with Gasteiger partial charge >= 0.3 is 5.97 Å². The van der Waals surface area contributed by atoms with Gasteiger partial charge in [-0.05, 0) is 45.4 Å². The minimum atomic E-state index is -0.752. The molecule has 1 aromatic heterocycles. The Morgan fingerprint density at radius 2 is 2.20 bits per heavy atom. The second-order valence-corrected chi connectivity index (χ2v) is 9.22. The predicted molar refractivity (Wildman–Crippen MR) is 117 cm³/mol. The number of allylic oxidation sites excluding steroid dienone is 1. The monoisotopic (exact) mass is 437 g/mol. The van der Waals surface area contributed by atoms with E-state index in [1.54, 1.807) is 0 Å². The van der Waals surface area contributed by atoms with Gasteiger partial charge in [0.25, 0.3) is 0 Å². The molecule has 0 N–H and O–H groups in total. The predicted octanol–water partition coefficient (Wildman–Crippen LogP) is 4.79. The smallest absolute Gasteiger partial charge is 0.303 e. The van der Waals surface area contributed by atoms with E-state index in [0.717, 1.165) is 56.0 Å². The van der Waals surface area contributed by atoms with Crippen LogP contribution in [0, 0.1) is 12.8 Å². The number of ether oxygens (including phenoxy) is 3. The van der Waals surface area contributed by atoms with Crippen LogP contribution in [0.1, 0.15) is 70.0 Å². The van der Waals surface area contributed by atoms with Crippen LogP contribution >= 0.6 is 11.3 Å². The van der Waals surface area contributed by atoms with E-state index in [1.165, 1.54) is 23.8 Å². The normalized spacial score (nSPS) is 18.9. The summed E-state index contributed by atoms with van der Waals surface area (Å²) < 4.78 is 16.6. The van der Waals surface area contributed by atoms with Crippen molar-refractivity contribution in [1.29, 1.82) is 0 Å². The number of hydrogen-bond acceptors (Lipinski definition) is 7. The molecule has 0 spiro atoms. The Morgan fingerprint density at radius 1 is 1.40 bits per heavy atom. The maximum atomic E-state index is 12.6. The highest BCUT2D eigenvalue weighted by atomic mass is 32.1. The van der Waals surface area contributed by atoms with E-state index in [2.05, 4.69) is 18.8 Å². The van der Waals surface area contributed by atoms with Crippen molar-refractivity contribution in [2.24, 2.45) is 5.92 Å².